The Kier molecular flexibility index (Phi) is 5.58. The summed E-state index contributed by atoms with van der Waals surface area (Å²) in [4.78, 5) is 13.4. The molecule has 6 heteroatoms. The van der Waals surface area contributed by atoms with E-state index in [1.165, 1.54) is 0 Å². The lowest BCUT2D eigenvalue weighted by molar-refractivity contribution is -0.131. The molecule has 0 saturated carbocycles. The van der Waals surface area contributed by atoms with Crippen LogP contribution in [0.3, 0.4) is 0 Å². The first-order valence-electron chi connectivity index (χ1n) is 7.73. The van der Waals surface area contributed by atoms with Gasteiger partial charge >= 0.3 is 0 Å². The molecule has 0 radical (unpaired) electrons. The Labute approximate surface area is 132 Å². The van der Waals surface area contributed by atoms with Crippen molar-refractivity contribution >= 4 is 15.9 Å². The Morgan fingerprint density at radius 2 is 1.91 bits per heavy atom. The first-order valence-corrected chi connectivity index (χ1v) is 9.39. The summed E-state index contributed by atoms with van der Waals surface area (Å²) < 4.78 is 27.4. The van der Waals surface area contributed by atoms with E-state index in [-0.39, 0.29) is 17.7 Å². The van der Waals surface area contributed by atoms with Gasteiger partial charge in [-0.2, -0.15) is 0 Å². The van der Waals surface area contributed by atoms with E-state index in [9.17, 15) is 13.2 Å². The van der Waals surface area contributed by atoms with Gasteiger partial charge in [-0.3, -0.25) is 4.79 Å². The van der Waals surface area contributed by atoms with Crippen LogP contribution in [0.4, 0.5) is 0 Å². The lowest BCUT2D eigenvalue weighted by Gasteiger charge is -2.32. The Morgan fingerprint density at radius 3 is 2.50 bits per heavy atom. The monoisotopic (exact) mass is 324 g/mol. The van der Waals surface area contributed by atoms with Crippen molar-refractivity contribution in [1.82, 2.24) is 9.62 Å². The number of rotatable bonds is 5. The Hall–Kier alpha value is -1.40. The molecule has 5 nitrogen and oxygen atoms in total. The summed E-state index contributed by atoms with van der Waals surface area (Å²) in [6.45, 7) is 5.02. The number of carbonyl (C=O) groups is 1. The predicted molar refractivity (Wildman–Crippen MR) is 86.8 cm³/mol. The van der Waals surface area contributed by atoms with Crippen molar-refractivity contribution in [3.05, 3.63) is 35.4 Å². The summed E-state index contributed by atoms with van der Waals surface area (Å²) in [6.07, 6.45) is 1.86. The van der Waals surface area contributed by atoms with Gasteiger partial charge in [0.25, 0.3) is 0 Å². The summed E-state index contributed by atoms with van der Waals surface area (Å²) in [6, 6.07) is 7.44. The van der Waals surface area contributed by atoms with Gasteiger partial charge < -0.3 is 4.90 Å². The number of nitrogens with zero attached hydrogens (tertiary/aromatic N) is 1. The molecule has 1 aliphatic heterocycles. The first kappa shape index (κ1) is 17.0. The molecule has 1 fully saturated rings. The molecular weight excluding hydrogens is 300 g/mol. The molecule has 0 aromatic heterocycles. The minimum Gasteiger partial charge on any atom is -0.343 e. The average Bonchev–Trinajstić information content (AvgIpc) is 2.49. The van der Waals surface area contributed by atoms with Crippen LogP contribution in [0.15, 0.2) is 24.3 Å². The number of benzene rings is 1. The van der Waals surface area contributed by atoms with Crippen molar-refractivity contribution in [3.63, 3.8) is 0 Å². The number of hydrogen-bond acceptors (Lipinski definition) is 3. The van der Waals surface area contributed by atoms with Crippen molar-refractivity contribution in [3.8, 4) is 0 Å². The topological polar surface area (TPSA) is 66.5 Å². The van der Waals surface area contributed by atoms with E-state index >= 15 is 0 Å². The zero-order chi connectivity index (χ0) is 16.2. The standard InChI is InChI=1S/C16H24N2O3S/c1-3-16(19)18-10-8-15(9-11-18)17-22(20,21)12-14-7-5-4-6-13(14)2/h4-7,15,17H,3,8-12H2,1-2H3. The molecule has 22 heavy (non-hydrogen) atoms. The molecule has 122 valence electrons. The van der Waals surface area contributed by atoms with Crippen LogP contribution in [0, 0.1) is 6.92 Å². The number of sulfonamides is 1. The normalized spacial score (nSPS) is 16.7. The molecular formula is C16H24N2O3S. The maximum atomic E-state index is 12.3. The molecule has 1 heterocycles. The molecule has 0 spiro atoms. The number of nitrogens with one attached hydrogen (secondary N) is 1. The summed E-state index contributed by atoms with van der Waals surface area (Å²) in [7, 11) is -3.35. The molecule has 1 aromatic rings. The molecule has 0 atom stereocenters. The maximum absolute atomic E-state index is 12.3. The molecule has 2 rings (SSSR count). The number of amides is 1. The Balaban J connectivity index is 1.91. The fourth-order valence-electron chi connectivity index (χ4n) is 2.74. The van der Waals surface area contributed by atoms with Crippen LogP contribution >= 0.6 is 0 Å². The van der Waals surface area contributed by atoms with E-state index in [0.717, 1.165) is 11.1 Å². The van der Waals surface area contributed by atoms with Gasteiger partial charge in [-0.1, -0.05) is 31.2 Å². The molecule has 0 unspecified atom stereocenters. The number of likely N-dealkylation sites (tertiary alicyclic amines) is 1. The second-order valence-electron chi connectivity index (χ2n) is 5.81. The van der Waals surface area contributed by atoms with Gasteiger partial charge in [0.15, 0.2) is 0 Å². The third kappa shape index (κ3) is 4.55. The van der Waals surface area contributed by atoms with Crippen LogP contribution in [0.2, 0.25) is 0 Å². The smallest absolute Gasteiger partial charge is 0.222 e. The van der Waals surface area contributed by atoms with E-state index < -0.39 is 10.0 Å². The lowest BCUT2D eigenvalue weighted by Crippen LogP contribution is -2.46. The van der Waals surface area contributed by atoms with Gasteiger partial charge in [-0.25, -0.2) is 13.1 Å². The lowest BCUT2D eigenvalue weighted by atomic mass is 10.1. The Bertz CT molecular complexity index is 620. The summed E-state index contributed by atoms with van der Waals surface area (Å²) >= 11 is 0. The number of hydrogen-bond donors (Lipinski definition) is 1. The number of carbonyl (C=O) groups excluding carboxylic acids is 1. The predicted octanol–water partition coefficient (Wildman–Crippen LogP) is 1.82. The van der Waals surface area contributed by atoms with Crippen LogP contribution in [-0.2, 0) is 20.6 Å². The third-order valence-corrected chi connectivity index (χ3v) is 5.49. The van der Waals surface area contributed by atoms with Gasteiger partial charge in [0, 0.05) is 25.6 Å². The van der Waals surface area contributed by atoms with Crippen LogP contribution in [0.25, 0.3) is 0 Å². The van der Waals surface area contributed by atoms with Crippen molar-refractivity contribution in [2.24, 2.45) is 0 Å². The van der Waals surface area contributed by atoms with Gasteiger partial charge in [-0.15, -0.1) is 0 Å². The highest BCUT2D eigenvalue weighted by molar-refractivity contribution is 7.88. The van der Waals surface area contributed by atoms with Gasteiger partial charge in [0.2, 0.25) is 15.9 Å². The van der Waals surface area contributed by atoms with Gasteiger partial charge in [0.05, 0.1) is 5.75 Å². The fourth-order valence-corrected chi connectivity index (χ4v) is 4.30. The van der Waals surface area contributed by atoms with Gasteiger partial charge in [-0.05, 0) is 30.9 Å². The highest BCUT2D eigenvalue weighted by atomic mass is 32.2. The molecule has 0 bridgehead atoms. The highest BCUT2D eigenvalue weighted by Gasteiger charge is 2.25. The molecule has 1 aromatic carbocycles. The van der Waals surface area contributed by atoms with Crippen molar-refractivity contribution < 1.29 is 13.2 Å². The largest absolute Gasteiger partial charge is 0.343 e. The molecule has 1 N–H and O–H groups in total. The second-order valence-corrected chi connectivity index (χ2v) is 7.57. The molecule has 1 amide bonds. The van der Waals surface area contributed by atoms with E-state index in [2.05, 4.69) is 4.72 Å². The van der Waals surface area contributed by atoms with E-state index in [1.54, 1.807) is 0 Å². The van der Waals surface area contributed by atoms with Crippen molar-refractivity contribution in [2.45, 2.75) is 44.9 Å². The quantitative estimate of drug-likeness (QED) is 0.898. The summed E-state index contributed by atoms with van der Waals surface area (Å²) in [5.41, 5.74) is 1.81. The van der Waals surface area contributed by atoms with Crippen LogP contribution in [-0.4, -0.2) is 38.4 Å². The Morgan fingerprint density at radius 1 is 1.27 bits per heavy atom. The van der Waals surface area contributed by atoms with Crippen molar-refractivity contribution in [2.75, 3.05) is 13.1 Å². The third-order valence-electron chi connectivity index (χ3n) is 4.10. The highest BCUT2D eigenvalue weighted by Crippen LogP contribution is 2.15. The van der Waals surface area contributed by atoms with Crippen LogP contribution < -0.4 is 4.72 Å². The first-order chi connectivity index (χ1) is 10.4. The molecule has 1 aliphatic rings. The number of aryl methyl sites for hydroxylation is 1. The number of piperidine rings is 1. The maximum Gasteiger partial charge on any atom is 0.222 e. The SMILES string of the molecule is CCC(=O)N1CCC(NS(=O)(=O)Cc2ccccc2C)CC1. The van der Waals surface area contributed by atoms with E-state index in [1.807, 2.05) is 43.0 Å². The van der Waals surface area contributed by atoms with Gasteiger partial charge in [0.1, 0.15) is 0 Å². The minimum absolute atomic E-state index is 0.00772. The minimum atomic E-state index is -3.35. The fraction of sp³-hybridized carbons (Fsp3) is 0.562. The van der Waals surface area contributed by atoms with Crippen LogP contribution in [0.1, 0.15) is 37.3 Å². The second kappa shape index (κ2) is 7.24. The van der Waals surface area contributed by atoms with E-state index in [4.69, 9.17) is 0 Å². The molecule has 1 saturated heterocycles. The zero-order valence-electron chi connectivity index (χ0n) is 13.2. The average molecular weight is 324 g/mol. The summed E-state index contributed by atoms with van der Waals surface area (Å²) in [5, 5.41) is 0. The summed E-state index contributed by atoms with van der Waals surface area (Å²) in [5.74, 6) is 0.148. The zero-order valence-corrected chi connectivity index (χ0v) is 14.0. The van der Waals surface area contributed by atoms with E-state index in [0.29, 0.717) is 32.4 Å². The van der Waals surface area contributed by atoms with Crippen molar-refractivity contribution in [1.29, 1.82) is 0 Å². The van der Waals surface area contributed by atoms with Crippen LogP contribution in [0.5, 0.6) is 0 Å². The molecule has 0 aliphatic carbocycles.